The summed E-state index contributed by atoms with van der Waals surface area (Å²) >= 11 is 7.22. The van der Waals surface area contributed by atoms with Crippen molar-refractivity contribution in [1.29, 1.82) is 0 Å². The highest BCUT2D eigenvalue weighted by molar-refractivity contribution is 7.19. The molecular formula is C9H7ClFN3S. The van der Waals surface area contributed by atoms with Crippen LogP contribution in [0.1, 0.15) is 0 Å². The van der Waals surface area contributed by atoms with E-state index in [1.54, 1.807) is 13.2 Å². The van der Waals surface area contributed by atoms with Crippen molar-refractivity contribution in [2.24, 2.45) is 0 Å². The van der Waals surface area contributed by atoms with Gasteiger partial charge in [-0.1, -0.05) is 22.9 Å². The number of hydrogen-bond donors (Lipinski definition) is 1. The van der Waals surface area contributed by atoms with Crippen LogP contribution in [0.5, 0.6) is 0 Å². The third-order valence-electron chi connectivity index (χ3n) is 1.76. The van der Waals surface area contributed by atoms with Crippen LogP contribution in [-0.2, 0) is 0 Å². The predicted octanol–water partition coefficient (Wildman–Crippen LogP) is 3.04. The Hall–Kier alpha value is -1.20. The fourth-order valence-corrected chi connectivity index (χ4v) is 2.24. The molecule has 0 aromatic carbocycles. The van der Waals surface area contributed by atoms with Gasteiger partial charge in [-0.15, -0.1) is 0 Å². The second-order valence-electron chi connectivity index (χ2n) is 2.78. The van der Waals surface area contributed by atoms with Gasteiger partial charge in [-0.25, -0.2) is 9.37 Å². The molecule has 0 radical (unpaired) electrons. The Balaban J connectivity index is 2.45. The number of nitrogens with one attached hydrogen (secondary N) is 1. The summed E-state index contributed by atoms with van der Waals surface area (Å²) in [6, 6.07) is 1.38. The van der Waals surface area contributed by atoms with Crippen LogP contribution < -0.4 is 5.32 Å². The van der Waals surface area contributed by atoms with Crippen LogP contribution in [0.3, 0.4) is 0 Å². The summed E-state index contributed by atoms with van der Waals surface area (Å²) in [5, 5.41) is 4.71. The number of halogens is 2. The molecule has 0 atom stereocenters. The van der Waals surface area contributed by atoms with Gasteiger partial charge in [0, 0.05) is 18.8 Å². The number of pyridine rings is 1. The van der Waals surface area contributed by atoms with Crippen LogP contribution in [0.25, 0.3) is 10.6 Å². The maximum Gasteiger partial charge on any atom is 0.164 e. The Kier molecular flexibility index (Phi) is 2.83. The maximum atomic E-state index is 12.9. The lowest BCUT2D eigenvalue weighted by molar-refractivity contribution is 0.622. The van der Waals surface area contributed by atoms with E-state index < -0.39 is 0 Å². The van der Waals surface area contributed by atoms with Crippen LogP contribution in [0, 0.1) is 5.82 Å². The number of rotatable bonds is 2. The van der Waals surface area contributed by atoms with E-state index in [0.717, 1.165) is 11.2 Å². The Labute approximate surface area is 95.0 Å². The van der Waals surface area contributed by atoms with E-state index in [-0.39, 0.29) is 5.82 Å². The molecule has 0 amide bonds. The molecule has 2 aromatic rings. The molecule has 0 aliphatic heterocycles. The average Bonchev–Trinajstić information content (AvgIpc) is 2.60. The van der Waals surface area contributed by atoms with Crippen molar-refractivity contribution in [3.8, 4) is 10.6 Å². The number of thiazole rings is 1. The second-order valence-corrected chi connectivity index (χ2v) is 4.14. The van der Waals surface area contributed by atoms with Crippen molar-refractivity contribution in [2.45, 2.75) is 0 Å². The van der Waals surface area contributed by atoms with Gasteiger partial charge in [-0.05, 0) is 6.07 Å². The molecule has 2 rings (SSSR count). The minimum atomic E-state index is -0.384. The Morgan fingerprint density at radius 2 is 2.27 bits per heavy atom. The lowest BCUT2D eigenvalue weighted by atomic mass is 10.3. The summed E-state index contributed by atoms with van der Waals surface area (Å²) in [6.07, 6.45) is 2.70. The first-order valence-electron chi connectivity index (χ1n) is 4.15. The number of aromatic nitrogens is 2. The van der Waals surface area contributed by atoms with Crippen LogP contribution in [0.2, 0.25) is 5.15 Å². The fraction of sp³-hybridized carbons (Fsp3) is 0.111. The molecule has 0 spiro atoms. The molecule has 0 aliphatic carbocycles. The minimum absolute atomic E-state index is 0.384. The molecule has 15 heavy (non-hydrogen) atoms. The van der Waals surface area contributed by atoms with E-state index in [1.165, 1.54) is 17.4 Å². The summed E-state index contributed by atoms with van der Waals surface area (Å²) in [5.41, 5.74) is 0.628. The van der Waals surface area contributed by atoms with Crippen molar-refractivity contribution < 1.29 is 4.39 Å². The first-order valence-corrected chi connectivity index (χ1v) is 5.35. The Morgan fingerprint density at radius 1 is 1.47 bits per heavy atom. The van der Waals surface area contributed by atoms with Gasteiger partial charge in [0.1, 0.15) is 15.8 Å². The lowest BCUT2D eigenvalue weighted by Crippen LogP contribution is -1.82. The first-order chi connectivity index (χ1) is 7.20. The SMILES string of the molecule is CNc1sc(-c2cncc(F)c2)nc1Cl. The standard InChI is InChI=1S/C9H7ClFN3S/c1-12-9-7(10)14-8(15-9)5-2-6(11)4-13-3-5/h2-4,12H,1H3. The van der Waals surface area contributed by atoms with Gasteiger partial charge in [0.05, 0.1) is 6.20 Å². The van der Waals surface area contributed by atoms with Crippen LogP contribution >= 0.6 is 22.9 Å². The lowest BCUT2D eigenvalue weighted by Gasteiger charge is -1.94. The van der Waals surface area contributed by atoms with Crippen LogP contribution in [0.4, 0.5) is 9.39 Å². The second kappa shape index (κ2) is 4.12. The van der Waals surface area contributed by atoms with E-state index in [1.807, 2.05) is 0 Å². The van der Waals surface area contributed by atoms with Crippen molar-refractivity contribution in [3.63, 3.8) is 0 Å². The van der Waals surface area contributed by atoms with Gasteiger partial charge in [0.15, 0.2) is 5.15 Å². The van der Waals surface area contributed by atoms with Crippen molar-refractivity contribution >= 4 is 27.9 Å². The van der Waals surface area contributed by atoms with Crippen LogP contribution in [0.15, 0.2) is 18.5 Å². The minimum Gasteiger partial charge on any atom is -0.377 e. The highest BCUT2D eigenvalue weighted by Crippen LogP contribution is 2.34. The predicted molar refractivity (Wildman–Crippen MR) is 59.9 cm³/mol. The molecule has 0 aliphatic rings. The highest BCUT2D eigenvalue weighted by Gasteiger charge is 2.10. The molecule has 2 heterocycles. The molecule has 2 aromatic heterocycles. The van der Waals surface area contributed by atoms with Gasteiger partial charge in [0.25, 0.3) is 0 Å². The summed E-state index contributed by atoms with van der Waals surface area (Å²) in [6.45, 7) is 0. The van der Waals surface area contributed by atoms with Gasteiger partial charge in [0.2, 0.25) is 0 Å². The third-order valence-corrected chi connectivity index (χ3v) is 3.27. The molecule has 0 unspecified atom stereocenters. The van der Waals surface area contributed by atoms with Gasteiger partial charge in [-0.2, -0.15) is 0 Å². The van der Waals surface area contributed by atoms with E-state index in [2.05, 4.69) is 15.3 Å². The van der Waals surface area contributed by atoms with E-state index >= 15 is 0 Å². The van der Waals surface area contributed by atoms with Crippen LogP contribution in [-0.4, -0.2) is 17.0 Å². The van der Waals surface area contributed by atoms with E-state index in [0.29, 0.717) is 15.7 Å². The molecular weight excluding hydrogens is 237 g/mol. The fourth-order valence-electron chi connectivity index (χ4n) is 1.11. The van der Waals surface area contributed by atoms with E-state index in [4.69, 9.17) is 11.6 Å². The zero-order valence-corrected chi connectivity index (χ0v) is 9.36. The van der Waals surface area contributed by atoms with Gasteiger partial charge >= 0.3 is 0 Å². The average molecular weight is 244 g/mol. The third kappa shape index (κ3) is 2.08. The number of hydrogen-bond acceptors (Lipinski definition) is 4. The Bertz CT molecular complexity index is 486. The molecule has 1 N–H and O–H groups in total. The summed E-state index contributed by atoms with van der Waals surface area (Å²) in [4.78, 5) is 7.86. The number of nitrogens with zero attached hydrogens (tertiary/aromatic N) is 2. The molecule has 78 valence electrons. The zero-order valence-electron chi connectivity index (χ0n) is 7.79. The smallest absolute Gasteiger partial charge is 0.164 e. The topological polar surface area (TPSA) is 37.8 Å². The molecule has 6 heteroatoms. The molecule has 0 saturated carbocycles. The summed E-state index contributed by atoms with van der Waals surface area (Å²) in [5.74, 6) is -0.384. The number of anilines is 1. The monoisotopic (exact) mass is 243 g/mol. The summed E-state index contributed by atoms with van der Waals surface area (Å²) < 4.78 is 12.9. The highest BCUT2D eigenvalue weighted by atomic mass is 35.5. The zero-order chi connectivity index (χ0) is 10.8. The van der Waals surface area contributed by atoms with Crippen molar-refractivity contribution in [1.82, 2.24) is 9.97 Å². The Morgan fingerprint density at radius 3 is 2.87 bits per heavy atom. The molecule has 0 fully saturated rings. The maximum absolute atomic E-state index is 12.9. The normalized spacial score (nSPS) is 10.3. The first kappa shape index (κ1) is 10.3. The quantitative estimate of drug-likeness (QED) is 0.881. The van der Waals surface area contributed by atoms with Crippen molar-refractivity contribution in [2.75, 3.05) is 12.4 Å². The van der Waals surface area contributed by atoms with Gasteiger partial charge < -0.3 is 5.32 Å². The molecule has 0 saturated heterocycles. The molecule has 0 bridgehead atoms. The summed E-state index contributed by atoms with van der Waals surface area (Å²) in [7, 11) is 1.76. The van der Waals surface area contributed by atoms with Gasteiger partial charge in [-0.3, -0.25) is 4.98 Å². The molecule has 3 nitrogen and oxygen atoms in total. The van der Waals surface area contributed by atoms with E-state index in [9.17, 15) is 4.39 Å². The largest absolute Gasteiger partial charge is 0.377 e. The van der Waals surface area contributed by atoms with Crippen molar-refractivity contribution in [3.05, 3.63) is 29.4 Å².